The summed E-state index contributed by atoms with van der Waals surface area (Å²) in [5.41, 5.74) is 0.416. The fourth-order valence-corrected chi connectivity index (χ4v) is 6.87. The van der Waals surface area contributed by atoms with Crippen molar-refractivity contribution in [2.24, 2.45) is 30.2 Å². The summed E-state index contributed by atoms with van der Waals surface area (Å²) in [6.07, 6.45) is 10.9. The van der Waals surface area contributed by atoms with Gasteiger partial charge in [-0.2, -0.15) is 0 Å². The van der Waals surface area contributed by atoms with Gasteiger partial charge in [0.1, 0.15) is 5.82 Å². The van der Waals surface area contributed by atoms with Crippen LogP contribution in [0.2, 0.25) is 0 Å². The second-order valence-corrected chi connectivity index (χ2v) is 10.1. The molecule has 5 nitrogen and oxygen atoms in total. The van der Waals surface area contributed by atoms with E-state index in [0.29, 0.717) is 17.1 Å². The Labute approximate surface area is 153 Å². The quantitative estimate of drug-likeness (QED) is 0.792. The molecule has 1 amide bonds. The number of nitrogens with zero attached hydrogens (tertiary/aromatic N) is 3. The number of nitrogens with one attached hydrogen (secondary N) is 1. The van der Waals surface area contributed by atoms with E-state index < -0.39 is 0 Å². The second-order valence-electron chi connectivity index (χ2n) is 9.16. The Kier molecular flexibility index (Phi) is 3.88. The van der Waals surface area contributed by atoms with Gasteiger partial charge in [-0.3, -0.25) is 4.79 Å². The van der Waals surface area contributed by atoms with E-state index in [0.717, 1.165) is 35.3 Å². The lowest BCUT2D eigenvalue weighted by Gasteiger charge is -2.56. The summed E-state index contributed by atoms with van der Waals surface area (Å²) in [6, 6.07) is 0. The minimum Gasteiger partial charge on any atom is -0.355 e. The van der Waals surface area contributed by atoms with Gasteiger partial charge in [0.15, 0.2) is 5.16 Å². The normalized spacial score (nSPS) is 36.0. The molecular formula is C19H28N4OS. The van der Waals surface area contributed by atoms with Gasteiger partial charge in [-0.1, -0.05) is 11.8 Å². The lowest BCUT2D eigenvalue weighted by Crippen LogP contribution is -2.51. The SMILES string of the molecule is Cn1c(SCC(=O)NCC23CC4CC(CC(C4)C2)C3)nnc1C1CC1. The zero-order valence-corrected chi connectivity index (χ0v) is 15.9. The number of carbonyl (C=O) groups is 1. The molecule has 0 saturated heterocycles. The third-order valence-corrected chi connectivity index (χ3v) is 7.99. The molecule has 0 aliphatic heterocycles. The molecule has 1 heterocycles. The van der Waals surface area contributed by atoms with Crippen LogP contribution in [0.25, 0.3) is 0 Å². The first-order valence-electron chi connectivity index (χ1n) is 9.89. The van der Waals surface area contributed by atoms with E-state index >= 15 is 0 Å². The molecule has 0 atom stereocenters. The molecule has 1 aromatic heterocycles. The second kappa shape index (κ2) is 6.00. The standard InChI is InChI=1S/C19H28N4OS/c1-23-17(15-2-3-15)21-22-18(23)25-10-16(24)20-11-19-7-12-4-13(8-19)6-14(5-12)9-19/h12-15H,2-11H2,1H3,(H,20,24). The van der Waals surface area contributed by atoms with Gasteiger partial charge in [0, 0.05) is 19.5 Å². The maximum absolute atomic E-state index is 12.4. The highest BCUT2D eigenvalue weighted by Crippen LogP contribution is 2.59. The van der Waals surface area contributed by atoms with Crippen molar-refractivity contribution in [1.82, 2.24) is 20.1 Å². The van der Waals surface area contributed by atoms with Crippen LogP contribution in [-0.2, 0) is 11.8 Å². The fourth-order valence-electron chi connectivity index (χ4n) is 6.12. The Morgan fingerprint density at radius 2 is 1.80 bits per heavy atom. The number of hydrogen-bond donors (Lipinski definition) is 1. The predicted octanol–water partition coefficient (Wildman–Crippen LogP) is 3.12. The van der Waals surface area contributed by atoms with Crippen molar-refractivity contribution < 1.29 is 4.79 Å². The molecule has 1 N–H and O–H groups in total. The van der Waals surface area contributed by atoms with E-state index in [4.69, 9.17) is 0 Å². The molecule has 136 valence electrons. The molecule has 0 unspecified atom stereocenters. The van der Waals surface area contributed by atoms with E-state index in [9.17, 15) is 4.79 Å². The van der Waals surface area contributed by atoms with E-state index in [-0.39, 0.29) is 5.91 Å². The van der Waals surface area contributed by atoms with Crippen LogP contribution < -0.4 is 5.32 Å². The zero-order valence-electron chi connectivity index (χ0n) is 15.0. The zero-order chi connectivity index (χ0) is 17.0. The first kappa shape index (κ1) is 16.2. The summed E-state index contributed by atoms with van der Waals surface area (Å²) in [6.45, 7) is 0.891. The summed E-state index contributed by atoms with van der Waals surface area (Å²) in [5.74, 6) is 5.10. The predicted molar refractivity (Wildman–Crippen MR) is 97.3 cm³/mol. The largest absolute Gasteiger partial charge is 0.355 e. The summed E-state index contributed by atoms with van der Waals surface area (Å²) < 4.78 is 2.06. The molecule has 6 rings (SSSR count). The fraction of sp³-hybridized carbons (Fsp3) is 0.842. The average Bonchev–Trinajstić information content (AvgIpc) is 3.34. The molecule has 1 aromatic rings. The van der Waals surface area contributed by atoms with Crippen LogP contribution in [0, 0.1) is 23.2 Å². The van der Waals surface area contributed by atoms with Gasteiger partial charge in [-0.05, 0) is 74.5 Å². The molecule has 6 heteroatoms. The van der Waals surface area contributed by atoms with Crippen LogP contribution in [0.3, 0.4) is 0 Å². The molecule has 25 heavy (non-hydrogen) atoms. The van der Waals surface area contributed by atoms with Crippen molar-refractivity contribution in [2.75, 3.05) is 12.3 Å². The third kappa shape index (κ3) is 3.11. The smallest absolute Gasteiger partial charge is 0.230 e. The highest BCUT2D eigenvalue weighted by Gasteiger charge is 2.50. The maximum Gasteiger partial charge on any atom is 0.230 e. The molecule has 5 aliphatic carbocycles. The maximum atomic E-state index is 12.4. The highest BCUT2D eigenvalue weighted by molar-refractivity contribution is 7.99. The first-order chi connectivity index (χ1) is 12.1. The van der Waals surface area contributed by atoms with Gasteiger partial charge in [-0.25, -0.2) is 0 Å². The first-order valence-corrected chi connectivity index (χ1v) is 10.9. The van der Waals surface area contributed by atoms with E-state index in [1.807, 2.05) is 7.05 Å². The molecule has 5 aliphatic rings. The minimum atomic E-state index is 0.150. The Balaban J connectivity index is 1.14. The van der Waals surface area contributed by atoms with Crippen LogP contribution in [0.5, 0.6) is 0 Å². The van der Waals surface area contributed by atoms with Crippen molar-refractivity contribution in [1.29, 1.82) is 0 Å². The van der Waals surface area contributed by atoms with Crippen LogP contribution in [-0.4, -0.2) is 33.0 Å². The van der Waals surface area contributed by atoms with Gasteiger partial charge in [0.05, 0.1) is 5.75 Å². The van der Waals surface area contributed by atoms with Crippen molar-refractivity contribution >= 4 is 17.7 Å². The van der Waals surface area contributed by atoms with Crippen molar-refractivity contribution in [2.45, 2.75) is 62.4 Å². The highest BCUT2D eigenvalue weighted by atomic mass is 32.2. The van der Waals surface area contributed by atoms with E-state index in [2.05, 4.69) is 20.1 Å². The number of carbonyl (C=O) groups excluding carboxylic acids is 1. The lowest BCUT2D eigenvalue weighted by molar-refractivity contribution is -0.120. The van der Waals surface area contributed by atoms with Crippen LogP contribution in [0.4, 0.5) is 0 Å². The molecule has 0 radical (unpaired) electrons. The van der Waals surface area contributed by atoms with E-state index in [1.165, 1.54) is 63.1 Å². The van der Waals surface area contributed by atoms with Gasteiger partial charge in [-0.15, -0.1) is 10.2 Å². The van der Waals surface area contributed by atoms with Gasteiger partial charge in [0.25, 0.3) is 0 Å². The Morgan fingerprint density at radius 3 is 2.40 bits per heavy atom. The summed E-state index contributed by atoms with van der Waals surface area (Å²) in [4.78, 5) is 12.4. The van der Waals surface area contributed by atoms with Crippen LogP contribution >= 0.6 is 11.8 Å². The third-order valence-electron chi connectivity index (χ3n) is 6.97. The summed E-state index contributed by atoms with van der Waals surface area (Å²) in [5, 5.41) is 12.7. The monoisotopic (exact) mass is 360 g/mol. The molecule has 0 aromatic carbocycles. The van der Waals surface area contributed by atoms with Crippen molar-refractivity contribution in [3.8, 4) is 0 Å². The lowest BCUT2D eigenvalue weighted by atomic mass is 9.49. The van der Waals surface area contributed by atoms with Gasteiger partial charge >= 0.3 is 0 Å². The number of hydrogen-bond acceptors (Lipinski definition) is 4. The van der Waals surface area contributed by atoms with Crippen molar-refractivity contribution in [3.05, 3.63) is 5.82 Å². The Hall–Kier alpha value is -1.04. The number of aromatic nitrogens is 3. The van der Waals surface area contributed by atoms with Gasteiger partial charge in [0.2, 0.25) is 5.91 Å². The van der Waals surface area contributed by atoms with Crippen LogP contribution in [0.15, 0.2) is 5.16 Å². The summed E-state index contributed by atoms with van der Waals surface area (Å²) in [7, 11) is 2.02. The number of thioether (sulfide) groups is 1. The Morgan fingerprint density at radius 1 is 1.16 bits per heavy atom. The molecule has 5 fully saturated rings. The molecular weight excluding hydrogens is 332 g/mol. The molecule has 0 spiro atoms. The number of amides is 1. The van der Waals surface area contributed by atoms with Gasteiger partial charge < -0.3 is 9.88 Å². The Bertz CT molecular complexity index is 646. The molecule has 5 saturated carbocycles. The number of rotatable bonds is 6. The molecule has 4 bridgehead atoms. The van der Waals surface area contributed by atoms with Crippen molar-refractivity contribution in [3.63, 3.8) is 0 Å². The minimum absolute atomic E-state index is 0.150. The topological polar surface area (TPSA) is 59.8 Å². The summed E-state index contributed by atoms with van der Waals surface area (Å²) >= 11 is 1.52. The van der Waals surface area contributed by atoms with E-state index in [1.54, 1.807) is 0 Å². The van der Waals surface area contributed by atoms with Crippen LogP contribution in [0.1, 0.15) is 63.1 Å². The average molecular weight is 361 g/mol.